The minimum atomic E-state index is -0.918. The summed E-state index contributed by atoms with van der Waals surface area (Å²) in [7, 11) is 0. The van der Waals surface area contributed by atoms with Crippen LogP contribution in [0.2, 0.25) is 0 Å². The van der Waals surface area contributed by atoms with Crippen LogP contribution < -0.4 is 5.32 Å². The Kier molecular flexibility index (Phi) is 5.69. The quantitative estimate of drug-likeness (QED) is 0.600. The number of imidazole rings is 1. The maximum absolute atomic E-state index is 14.1. The van der Waals surface area contributed by atoms with Gasteiger partial charge in [-0.05, 0) is 49.1 Å². The van der Waals surface area contributed by atoms with Crippen LogP contribution in [0.4, 0.5) is 4.39 Å². The normalized spacial score (nSPS) is 26.2. The Morgan fingerprint density at radius 1 is 1.06 bits per heavy atom. The fourth-order valence-corrected chi connectivity index (χ4v) is 6.46. The molecular weight excluding hydrogens is 443 g/mol. The summed E-state index contributed by atoms with van der Waals surface area (Å²) >= 11 is 0. The fraction of sp³-hybridized carbons (Fsp3) is 0.429. The maximum Gasteiger partial charge on any atom is 0.290 e. The van der Waals surface area contributed by atoms with Crippen LogP contribution >= 0.6 is 0 Å². The number of hydrogen-bond acceptors (Lipinski definition) is 4. The molecule has 2 N–H and O–H groups in total. The van der Waals surface area contributed by atoms with Gasteiger partial charge in [0, 0.05) is 43.7 Å². The molecule has 3 aliphatic rings. The smallest absolute Gasteiger partial charge is 0.290 e. The Balaban J connectivity index is 1.36. The number of hydrogen-bond donors (Lipinski definition) is 2. The van der Waals surface area contributed by atoms with Crippen molar-refractivity contribution in [2.45, 2.75) is 56.8 Å². The van der Waals surface area contributed by atoms with Crippen LogP contribution in [0, 0.1) is 11.7 Å². The van der Waals surface area contributed by atoms with Crippen molar-refractivity contribution in [1.82, 2.24) is 19.8 Å². The Morgan fingerprint density at radius 2 is 1.83 bits per heavy atom. The van der Waals surface area contributed by atoms with Gasteiger partial charge in [0.2, 0.25) is 0 Å². The number of aromatic nitrogens is 2. The summed E-state index contributed by atoms with van der Waals surface area (Å²) in [5.74, 6) is 0.105. The molecule has 0 spiro atoms. The summed E-state index contributed by atoms with van der Waals surface area (Å²) in [4.78, 5) is 20.9. The molecule has 6 rings (SSSR count). The molecule has 3 atom stereocenters. The summed E-state index contributed by atoms with van der Waals surface area (Å²) in [5, 5.41) is 15.3. The van der Waals surface area contributed by atoms with Crippen molar-refractivity contribution in [3.63, 3.8) is 0 Å². The van der Waals surface area contributed by atoms with Crippen molar-refractivity contribution < 1.29 is 14.3 Å². The Morgan fingerprint density at radius 3 is 2.63 bits per heavy atom. The largest absolute Gasteiger partial charge is 0.385 e. The first-order chi connectivity index (χ1) is 17.1. The van der Waals surface area contributed by atoms with Crippen LogP contribution in [0.5, 0.6) is 0 Å². The summed E-state index contributed by atoms with van der Waals surface area (Å²) in [6, 6.07) is 16.2. The Labute approximate surface area is 204 Å². The van der Waals surface area contributed by atoms with Crippen molar-refractivity contribution >= 4 is 5.91 Å². The number of carbonyl (C=O) groups excluding carboxylic acids is 1. The summed E-state index contributed by atoms with van der Waals surface area (Å²) in [6.45, 7) is 2.55. The van der Waals surface area contributed by atoms with E-state index in [0.29, 0.717) is 31.9 Å². The van der Waals surface area contributed by atoms with Crippen molar-refractivity contribution in [3.8, 4) is 11.3 Å². The molecule has 6 nitrogen and oxygen atoms in total. The zero-order valence-electron chi connectivity index (χ0n) is 19.8. The molecule has 0 radical (unpaired) electrons. The number of halogens is 1. The van der Waals surface area contributed by atoms with Crippen molar-refractivity contribution in [3.05, 3.63) is 77.5 Å². The van der Waals surface area contributed by atoms with Crippen LogP contribution in [0.15, 0.2) is 54.6 Å². The molecule has 35 heavy (non-hydrogen) atoms. The van der Waals surface area contributed by atoms with Gasteiger partial charge in [-0.2, -0.15) is 0 Å². The van der Waals surface area contributed by atoms with Gasteiger partial charge in [0.25, 0.3) is 5.91 Å². The first kappa shape index (κ1) is 22.4. The van der Waals surface area contributed by atoms with Gasteiger partial charge in [0.1, 0.15) is 5.82 Å². The zero-order chi connectivity index (χ0) is 24.0. The van der Waals surface area contributed by atoms with Crippen LogP contribution in [-0.4, -0.2) is 44.6 Å². The topological polar surface area (TPSA) is 70.4 Å². The lowest BCUT2D eigenvalue weighted by Gasteiger charge is -2.52. The lowest BCUT2D eigenvalue weighted by Crippen LogP contribution is -2.59. The van der Waals surface area contributed by atoms with Crippen LogP contribution in [0.25, 0.3) is 11.3 Å². The van der Waals surface area contributed by atoms with E-state index in [-0.39, 0.29) is 23.7 Å². The van der Waals surface area contributed by atoms with Gasteiger partial charge in [0.15, 0.2) is 5.82 Å². The third-order valence-electron chi connectivity index (χ3n) is 8.20. The van der Waals surface area contributed by atoms with Crippen LogP contribution in [-0.2, 0) is 18.7 Å². The maximum atomic E-state index is 14.1. The lowest BCUT2D eigenvalue weighted by molar-refractivity contribution is -0.110. The number of nitrogens with zero attached hydrogens (tertiary/aromatic N) is 3. The minimum Gasteiger partial charge on any atom is -0.385 e. The van der Waals surface area contributed by atoms with E-state index < -0.39 is 5.60 Å². The number of nitrogens with one attached hydrogen (secondary N) is 1. The summed E-state index contributed by atoms with van der Waals surface area (Å²) < 4.78 is 15.6. The highest BCUT2D eigenvalue weighted by molar-refractivity contribution is 5.92. The first-order valence-corrected chi connectivity index (χ1v) is 12.7. The van der Waals surface area contributed by atoms with Gasteiger partial charge >= 0.3 is 0 Å². The number of amides is 1. The number of piperidine rings is 1. The number of benzene rings is 2. The molecule has 1 saturated carbocycles. The van der Waals surface area contributed by atoms with E-state index in [1.165, 1.54) is 12.1 Å². The predicted octanol–water partition coefficient (Wildman–Crippen LogP) is 4.08. The second-order valence-corrected chi connectivity index (χ2v) is 10.1. The average Bonchev–Trinajstić information content (AvgIpc) is 3.29. The molecular formula is C28H31FN4O2. The van der Waals surface area contributed by atoms with Gasteiger partial charge in [-0.25, -0.2) is 9.37 Å². The standard InChI is InChI=1S/C28H31FN4O2/c29-21-12-10-19(11-13-21)25-24-18-30-15-17-32(24)26(31-25)27(34)33-16-14-28(35,20-6-2-1-3-7-20)22-8-4-5-9-23(22)33/h1-3,6-7,10-13,22-23,30,35H,4-5,8-9,14-18H2/t22-,23+,28?/m1/s1. The predicted molar refractivity (Wildman–Crippen MR) is 131 cm³/mol. The SMILES string of the molecule is O=C(c1nc(-c2ccc(F)cc2)c2n1CCNC2)N1CCC(O)(c2ccccc2)[C@@H]2CCCC[C@@H]21. The summed E-state index contributed by atoms with van der Waals surface area (Å²) in [5.41, 5.74) is 2.54. The van der Waals surface area contributed by atoms with Gasteiger partial charge < -0.3 is 19.9 Å². The first-order valence-electron chi connectivity index (χ1n) is 12.7. The highest BCUT2D eigenvalue weighted by Gasteiger charge is 2.50. The van der Waals surface area contributed by atoms with Gasteiger partial charge in [-0.15, -0.1) is 0 Å². The van der Waals surface area contributed by atoms with Gasteiger partial charge in [-0.3, -0.25) is 4.79 Å². The monoisotopic (exact) mass is 474 g/mol. The van der Waals surface area contributed by atoms with E-state index >= 15 is 0 Å². The molecule has 1 aromatic heterocycles. The van der Waals surface area contributed by atoms with Crippen LogP contribution in [0.3, 0.4) is 0 Å². The molecule has 182 valence electrons. The fourth-order valence-electron chi connectivity index (χ4n) is 6.46. The average molecular weight is 475 g/mol. The second-order valence-electron chi connectivity index (χ2n) is 10.1. The van der Waals surface area contributed by atoms with E-state index in [1.54, 1.807) is 12.1 Å². The Hall–Kier alpha value is -3.03. The number of carbonyl (C=O) groups is 1. The van der Waals surface area contributed by atoms with Crippen LogP contribution in [0.1, 0.15) is 54.0 Å². The molecule has 1 unspecified atom stereocenters. The molecule has 2 fully saturated rings. The number of fused-ring (bicyclic) bond motifs is 2. The third-order valence-corrected chi connectivity index (χ3v) is 8.20. The number of aliphatic hydroxyl groups is 1. The summed E-state index contributed by atoms with van der Waals surface area (Å²) in [6.07, 6.45) is 4.44. The van der Waals surface area contributed by atoms with E-state index in [9.17, 15) is 14.3 Å². The molecule has 1 saturated heterocycles. The molecule has 1 aliphatic carbocycles. The lowest BCUT2D eigenvalue weighted by atomic mass is 9.66. The third kappa shape index (κ3) is 3.78. The van der Waals surface area contributed by atoms with E-state index in [1.807, 2.05) is 39.8 Å². The highest BCUT2D eigenvalue weighted by Crippen LogP contribution is 2.47. The molecule has 3 aromatic rings. The second kappa shape index (κ2) is 8.88. The van der Waals surface area contributed by atoms with Crippen molar-refractivity contribution in [1.29, 1.82) is 0 Å². The number of likely N-dealkylation sites (tertiary alicyclic amines) is 1. The van der Waals surface area contributed by atoms with Gasteiger partial charge in [-0.1, -0.05) is 43.2 Å². The molecule has 0 bridgehead atoms. The highest BCUT2D eigenvalue weighted by atomic mass is 19.1. The number of rotatable bonds is 3. The minimum absolute atomic E-state index is 0.00498. The van der Waals surface area contributed by atoms with Crippen molar-refractivity contribution in [2.24, 2.45) is 5.92 Å². The zero-order valence-corrected chi connectivity index (χ0v) is 19.8. The molecule has 7 heteroatoms. The van der Waals surface area contributed by atoms with Crippen molar-refractivity contribution in [2.75, 3.05) is 13.1 Å². The molecule has 2 aromatic carbocycles. The Bertz CT molecular complexity index is 1230. The molecule has 3 heterocycles. The van der Waals surface area contributed by atoms with Gasteiger partial charge in [0.05, 0.1) is 17.0 Å². The van der Waals surface area contributed by atoms with E-state index in [4.69, 9.17) is 4.98 Å². The van der Waals surface area contributed by atoms with E-state index in [2.05, 4.69) is 5.32 Å². The van der Waals surface area contributed by atoms with E-state index in [0.717, 1.165) is 54.7 Å². The molecule has 2 aliphatic heterocycles. The molecule has 1 amide bonds.